The summed E-state index contributed by atoms with van der Waals surface area (Å²) in [5, 5.41) is 1.45. The highest BCUT2D eigenvalue weighted by Crippen LogP contribution is 2.23. The topological polar surface area (TPSA) is 6.48 Å². The molecular formula is C18H19BrCl2N2. The number of rotatable bonds is 4. The molecule has 0 atom stereocenters. The zero-order chi connectivity index (χ0) is 16.2. The van der Waals surface area contributed by atoms with E-state index in [0.717, 1.165) is 54.3 Å². The fraction of sp³-hybridized carbons (Fsp3) is 0.333. The maximum atomic E-state index is 6.27. The first kappa shape index (κ1) is 17.2. The molecule has 23 heavy (non-hydrogen) atoms. The molecule has 0 spiro atoms. The third kappa shape index (κ3) is 4.94. The van der Waals surface area contributed by atoms with E-state index in [1.807, 2.05) is 18.2 Å². The van der Waals surface area contributed by atoms with E-state index in [0.29, 0.717) is 5.02 Å². The molecule has 0 radical (unpaired) electrons. The summed E-state index contributed by atoms with van der Waals surface area (Å²) >= 11 is 15.7. The SMILES string of the molecule is Clc1ccc(CN2CCN(Cc3ccc(Br)cc3)CC2)c(Cl)c1. The molecule has 2 aromatic carbocycles. The van der Waals surface area contributed by atoms with Gasteiger partial charge in [-0.25, -0.2) is 0 Å². The molecule has 1 heterocycles. The van der Waals surface area contributed by atoms with E-state index in [4.69, 9.17) is 23.2 Å². The molecular weight excluding hydrogens is 395 g/mol. The maximum Gasteiger partial charge on any atom is 0.0465 e. The summed E-state index contributed by atoms with van der Waals surface area (Å²) < 4.78 is 1.13. The molecule has 1 aliphatic rings. The van der Waals surface area contributed by atoms with Gasteiger partial charge in [-0.1, -0.05) is 57.3 Å². The Bertz CT molecular complexity index is 653. The minimum absolute atomic E-state index is 0.693. The highest BCUT2D eigenvalue weighted by molar-refractivity contribution is 9.10. The second kappa shape index (κ2) is 8.00. The van der Waals surface area contributed by atoms with Crippen LogP contribution in [0, 0.1) is 0 Å². The molecule has 2 aromatic rings. The summed E-state index contributed by atoms with van der Waals surface area (Å²) in [4.78, 5) is 4.95. The van der Waals surface area contributed by atoms with E-state index in [1.54, 1.807) is 0 Å². The number of halogens is 3. The van der Waals surface area contributed by atoms with Crippen molar-refractivity contribution >= 4 is 39.1 Å². The lowest BCUT2D eigenvalue weighted by Gasteiger charge is -2.34. The Morgan fingerprint density at radius 2 is 1.43 bits per heavy atom. The van der Waals surface area contributed by atoms with Gasteiger partial charge in [0.15, 0.2) is 0 Å². The van der Waals surface area contributed by atoms with Crippen LogP contribution in [-0.2, 0) is 13.1 Å². The zero-order valence-corrected chi connectivity index (χ0v) is 15.9. The first-order valence-corrected chi connectivity index (χ1v) is 9.28. The fourth-order valence-electron chi connectivity index (χ4n) is 2.84. The normalized spacial score (nSPS) is 16.7. The van der Waals surface area contributed by atoms with Crippen LogP contribution in [0.5, 0.6) is 0 Å². The van der Waals surface area contributed by atoms with Crippen molar-refractivity contribution in [2.75, 3.05) is 26.2 Å². The number of piperazine rings is 1. The summed E-state index contributed by atoms with van der Waals surface area (Å²) in [7, 11) is 0. The van der Waals surface area contributed by atoms with Crippen molar-refractivity contribution in [3.63, 3.8) is 0 Å². The summed E-state index contributed by atoms with van der Waals surface area (Å²) in [6, 6.07) is 14.3. The van der Waals surface area contributed by atoms with Gasteiger partial charge in [0.25, 0.3) is 0 Å². The Morgan fingerprint density at radius 3 is 2.04 bits per heavy atom. The van der Waals surface area contributed by atoms with Crippen LogP contribution in [0.15, 0.2) is 46.9 Å². The molecule has 5 heteroatoms. The lowest BCUT2D eigenvalue weighted by Crippen LogP contribution is -2.45. The van der Waals surface area contributed by atoms with Gasteiger partial charge < -0.3 is 0 Å². The van der Waals surface area contributed by atoms with E-state index >= 15 is 0 Å². The van der Waals surface area contributed by atoms with Crippen LogP contribution in [0.4, 0.5) is 0 Å². The standard InChI is InChI=1S/C18H19BrCl2N2/c19-16-4-1-14(2-5-16)12-22-7-9-23(10-8-22)13-15-3-6-17(20)11-18(15)21/h1-6,11H,7-10,12-13H2. The number of hydrogen-bond acceptors (Lipinski definition) is 2. The Balaban J connectivity index is 1.51. The molecule has 1 saturated heterocycles. The van der Waals surface area contributed by atoms with E-state index < -0.39 is 0 Å². The first-order valence-electron chi connectivity index (χ1n) is 7.73. The van der Waals surface area contributed by atoms with Crippen molar-refractivity contribution in [1.29, 1.82) is 0 Å². The minimum atomic E-state index is 0.693. The summed E-state index contributed by atoms with van der Waals surface area (Å²) in [6.07, 6.45) is 0. The molecule has 0 amide bonds. The molecule has 1 fully saturated rings. The van der Waals surface area contributed by atoms with Gasteiger partial charge in [0, 0.05) is 53.8 Å². The minimum Gasteiger partial charge on any atom is -0.297 e. The van der Waals surface area contributed by atoms with E-state index in [1.165, 1.54) is 5.56 Å². The monoisotopic (exact) mass is 412 g/mol. The van der Waals surface area contributed by atoms with Gasteiger partial charge in [-0.05, 0) is 35.4 Å². The van der Waals surface area contributed by atoms with Gasteiger partial charge in [-0.2, -0.15) is 0 Å². The number of nitrogens with zero attached hydrogens (tertiary/aromatic N) is 2. The van der Waals surface area contributed by atoms with Crippen molar-refractivity contribution in [2.24, 2.45) is 0 Å². The molecule has 3 rings (SSSR count). The van der Waals surface area contributed by atoms with E-state index in [2.05, 4.69) is 50.0 Å². The lowest BCUT2D eigenvalue weighted by molar-refractivity contribution is 0.122. The van der Waals surface area contributed by atoms with Crippen molar-refractivity contribution < 1.29 is 0 Å². The largest absolute Gasteiger partial charge is 0.297 e. The molecule has 0 bridgehead atoms. The van der Waals surface area contributed by atoms with Crippen LogP contribution in [0.1, 0.15) is 11.1 Å². The molecule has 0 aliphatic carbocycles. The van der Waals surface area contributed by atoms with Crippen molar-refractivity contribution in [3.05, 3.63) is 68.1 Å². The number of benzene rings is 2. The Morgan fingerprint density at radius 1 is 0.826 bits per heavy atom. The zero-order valence-electron chi connectivity index (χ0n) is 12.8. The molecule has 122 valence electrons. The van der Waals surface area contributed by atoms with Crippen LogP contribution in [0.25, 0.3) is 0 Å². The summed E-state index contributed by atoms with van der Waals surface area (Å²) in [5.41, 5.74) is 2.51. The predicted molar refractivity (Wildman–Crippen MR) is 101 cm³/mol. The van der Waals surface area contributed by atoms with Crippen molar-refractivity contribution in [2.45, 2.75) is 13.1 Å². The average Bonchev–Trinajstić information content (AvgIpc) is 2.54. The van der Waals surface area contributed by atoms with Crippen molar-refractivity contribution in [3.8, 4) is 0 Å². The Hall–Kier alpha value is -0.580. The lowest BCUT2D eigenvalue weighted by atomic mass is 10.1. The van der Waals surface area contributed by atoms with Crippen LogP contribution in [0.3, 0.4) is 0 Å². The fourth-order valence-corrected chi connectivity index (χ4v) is 3.58. The molecule has 0 N–H and O–H groups in total. The predicted octanol–water partition coefficient (Wildman–Crippen LogP) is 5.07. The molecule has 2 nitrogen and oxygen atoms in total. The second-order valence-electron chi connectivity index (χ2n) is 5.91. The van der Waals surface area contributed by atoms with Gasteiger partial charge >= 0.3 is 0 Å². The third-order valence-corrected chi connectivity index (χ3v) is 5.31. The first-order chi connectivity index (χ1) is 11.1. The van der Waals surface area contributed by atoms with Crippen LogP contribution in [0.2, 0.25) is 10.0 Å². The van der Waals surface area contributed by atoms with Crippen LogP contribution in [-0.4, -0.2) is 36.0 Å². The summed E-state index contributed by atoms with van der Waals surface area (Å²) in [5.74, 6) is 0. The Labute approximate surface area is 156 Å². The average molecular weight is 414 g/mol. The van der Waals surface area contributed by atoms with Crippen molar-refractivity contribution in [1.82, 2.24) is 9.80 Å². The van der Waals surface area contributed by atoms with Crippen LogP contribution >= 0.6 is 39.1 Å². The molecule has 0 unspecified atom stereocenters. The summed E-state index contributed by atoms with van der Waals surface area (Å²) in [6.45, 7) is 6.21. The van der Waals surface area contributed by atoms with Gasteiger partial charge in [-0.3, -0.25) is 9.80 Å². The maximum absolute atomic E-state index is 6.27. The molecule has 0 saturated carbocycles. The quantitative estimate of drug-likeness (QED) is 0.689. The highest BCUT2D eigenvalue weighted by atomic mass is 79.9. The van der Waals surface area contributed by atoms with Gasteiger partial charge in [-0.15, -0.1) is 0 Å². The van der Waals surface area contributed by atoms with E-state index in [-0.39, 0.29) is 0 Å². The van der Waals surface area contributed by atoms with E-state index in [9.17, 15) is 0 Å². The third-order valence-electron chi connectivity index (χ3n) is 4.19. The van der Waals surface area contributed by atoms with Gasteiger partial charge in [0.1, 0.15) is 0 Å². The van der Waals surface area contributed by atoms with Gasteiger partial charge in [0.2, 0.25) is 0 Å². The van der Waals surface area contributed by atoms with Gasteiger partial charge in [0.05, 0.1) is 0 Å². The molecule has 0 aromatic heterocycles. The Kier molecular flexibility index (Phi) is 6.00. The smallest absolute Gasteiger partial charge is 0.0465 e. The highest BCUT2D eigenvalue weighted by Gasteiger charge is 2.18. The second-order valence-corrected chi connectivity index (χ2v) is 7.67. The molecule has 1 aliphatic heterocycles. The van der Waals surface area contributed by atoms with Crippen LogP contribution < -0.4 is 0 Å². The number of hydrogen-bond donors (Lipinski definition) is 0.